The van der Waals surface area contributed by atoms with Crippen LogP contribution in [-0.4, -0.2) is 24.7 Å². The Morgan fingerprint density at radius 2 is 2.00 bits per heavy atom. The number of carbonyl (C=O) groups excluding carboxylic acids is 1. The van der Waals surface area contributed by atoms with Crippen LogP contribution < -0.4 is 5.32 Å². The molecule has 0 spiro atoms. The van der Waals surface area contributed by atoms with Crippen molar-refractivity contribution in [2.75, 3.05) is 13.7 Å². The van der Waals surface area contributed by atoms with Crippen LogP contribution in [0.1, 0.15) is 33.2 Å². The Balaban J connectivity index is 1.98. The minimum Gasteiger partial charge on any atom is -0.387 e. The number of hydrogen-bond donors (Lipinski definition) is 2. The Morgan fingerprint density at radius 3 is 2.73 bits per heavy atom. The number of carbonyl (C=O) groups is 1. The molecule has 0 aliphatic heterocycles. The molecule has 0 aliphatic rings. The molecular weight excluding hydrogens is 278 g/mol. The molecule has 4 heteroatoms. The van der Waals surface area contributed by atoms with Crippen molar-refractivity contribution in [2.24, 2.45) is 0 Å². The number of rotatable bonds is 6. The highest BCUT2D eigenvalue weighted by atomic mass is 16.5. The monoisotopic (exact) mass is 299 g/mol. The number of amides is 1. The molecule has 0 heterocycles. The topological polar surface area (TPSA) is 58.6 Å². The first-order valence-electron chi connectivity index (χ1n) is 7.21. The Labute approximate surface area is 130 Å². The SMILES string of the molecule is COCc1cccc(C(=O)NCC(O)c2ccccc2C)c1. The van der Waals surface area contributed by atoms with Gasteiger partial charge < -0.3 is 15.2 Å². The summed E-state index contributed by atoms with van der Waals surface area (Å²) in [6.45, 7) is 2.58. The van der Waals surface area contributed by atoms with Crippen LogP contribution in [0.2, 0.25) is 0 Å². The lowest BCUT2D eigenvalue weighted by atomic mass is 10.0. The third-order valence-electron chi connectivity index (χ3n) is 3.50. The van der Waals surface area contributed by atoms with Gasteiger partial charge in [0, 0.05) is 19.2 Å². The Hall–Kier alpha value is -2.17. The van der Waals surface area contributed by atoms with E-state index in [0.717, 1.165) is 16.7 Å². The fraction of sp³-hybridized carbons (Fsp3) is 0.278. The largest absolute Gasteiger partial charge is 0.387 e. The molecular formula is C18H21NO3. The normalized spacial score (nSPS) is 12.0. The van der Waals surface area contributed by atoms with E-state index in [1.807, 2.05) is 43.3 Å². The molecule has 116 valence electrons. The van der Waals surface area contributed by atoms with Crippen molar-refractivity contribution in [1.82, 2.24) is 5.32 Å². The van der Waals surface area contributed by atoms with Crippen LogP contribution in [0.15, 0.2) is 48.5 Å². The van der Waals surface area contributed by atoms with E-state index < -0.39 is 6.10 Å². The van der Waals surface area contributed by atoms with Crippen molar-refractivity contribution in [1.29, 1.82) is 0 Å². The van der Waals surface area contributed by atoms with Gasteiger partial charge in [-0.15, -0.1) is 0 Å². The fourth-order valence-corrected chi connectivity index (χ4v) is 2.33. The highest BCUT2D eigenvalue weighted by Crippen LogP contribution is 2.16. The highest BCUT2D eigenvalue weighted by molar-refractivity contribution is 5.94. The molecule has 2 N–H and O–H groups in total. The molecule has 0 saturated carbocycles. The number of aryl methyl sites for hydroxylation is 1. The number of ether oxygens (including phenoxy) is 1. The first-order valence-corrected chi connectivity index (χ1v) is 7.21. The average Bonchev–Trinajstić information content (AvgIpc) is 2.53. The average molecular weight is 299 g/mol. The third-order valence-corrected chi connectivity index (χ3v) is 3.50. The standard InChI is InChI=1S/C18H21NO3/c1-13-6-3-4-9-16(13)17(20)11-19-18(21)15-8-5-7-14(10-15)12-22-2/h3-10,17,20H,11-12H2,1-2H3,(H,19,21). The van der Waals surface area contributed by atoms with Crippen LogP contribution in [0, 0.1) is 6.92 Å². The maximum absolute atomic E-state index is 12.2. The predicted octanol–water partition coefficient (Wildman–Crippen LogP) is 2.60. The summed E-state index contributed by atoms with van der Waals surface area (Å²) in [5, 5.41) is 13.0. The Morgan fingerprint density at radius 1 is 1.23 bits per heavy atom. The van der Waals surface area contributed by atoms with Crippen molar-refractivity contribution in [2.45, 2.75) is 19.6 Å². The first kappa shape index (κ1) is 16.2. The number of methoxy groups -OCH3 is 1. The van der Waals surface area contributed by atoms with Crippen LogP contribution >= 0.6 is 0 Å². The van der Waals surface area contributed by atoms with E-state index in [9.17, 15) is 9.90 Å². The van der Waals surface area contributed by atoms with Gasteiger partial charge in [-0.05, 0) is 35.7 Å². The van der Waals surface area contributed by atoms with Gasteiger partial charge in [0.15, 0.2) is 0 Å². The van der Waals surface area contributed by atoms with Crippen molar-refractivity contribution < 1.29 is 14.6 Å². The second kappa shape index (κ2) is 7.73. The van der Waals surface area contributed by atoms with Crippen LogP contribution in [-0.2, 0) is 11.3 Å². The summed E-state index contributed by atoms with van der Waals surface area (Å²) in [7, 11) is 1.62. The Bertz CT molecular complexity index is 640. The van der Waals surface area contributed by atoms with E-state index in [2.05, 4.69) is 5.32 Å². The predicted molar refractivity (Wildman–Crippen MR) is 85.6 cm³/mol. The van der Waals surface area contributed by atoms with Crippen molar-refractivity contribution >= 4 is 5.91 Å². The van der Waals surface area contributed by atoms with E-state index >= 15 is 0 Å². The molecule has 0 bridgehead atoms. The number of aliphatic hydroxyl groups excluding tert-OH is 1. The van der Waals surface area contributed by atoms with E-state index in [1.165, 1.54) is 0 Å². The molecule has 22 heavy (non-hydrogen) atoms. The zero-order valence-corrected chi connectivity index (χ0v) is 12.9. The molecule has 2 rings (SSSR count). The van der Waals surface area contributed by atoms with E-state index in [4.69, 9.17) is 4.74 Å². The van der Waals surface area contributed by atoms with E-state index in [0.29, 0.717) is 12.2 Å². The van der Waals surface area contributed by atoms with Gasteiger partial charge in [-0.25, -0.2) is 0 Å². The molecule has 1 atom stereocenters. The number of aliphatic hydroxyl groups is 1. The molecule has 1 unspecified atom stereocenters. The van der Waals surface area contributed by atoms with E-state index in [-0.39, 0.29) is 12.5 Å². The molecule has 0 saturated heterocycles. The zero-order chi connectivity index (χ0) is 15.9. The minimum atomic E-state index is -0.715. The molecule has 0 aliphatic carbocycles. The second-order valence-corrected chi connectivity index (χ2v) is 5.22. The summed E-state index contributed by atoms with van der Waals surface area (Å²) >= 11 is 0. The van der Waals surface area contributed by atoms with Gasteiger partial charge in [0.25, 0.3) is 5.91 Å². The molecule has 2 aromatic rings. The fourth-order valence-electron chi connectivity index (χ4n) is 2.33. The lowest BCUT2D eigenvalue weighted by Crippen LogP contribution is -2.28. The summed E-state index contributed by atoms with van der Waals surface area (Å²) in [5.41, 5.74) is 3.34. The van der Waals surface area contributed by atoms with Crippen LogP contribution in [0.25, 0.3) is 0 Å². The number of benzene rings is 2. The summed E-state index contributed by atoms with van der Waals surface area (Å²) in [6, 6.07) is 14.9. The van der Waals surface area contributed by atoms with E-state index in [1.54, 1.807) is 19.2 Å². The number of nitrogens with one attached hydrogen (secondary N) is 1. The molecule has 0 radical (unpaired) electrons. The minimum absolute atomic E-state index is 0.179. The summed E-state index contributed by atoms with van der Waals surface area (Å²) in [5.74, 6) is -0.203. The van der Waals surface area contributed by atoms with Crippen LogP contribution in [0.4, 0.5) is 0 Å². The lowest BCUT2D eigenvalue weighted by molar-refractivity contribution is 0.0915. The maximum Gasteiger partial charge on any atom is 0.251 e. The lowest BCUT2D eigenvalue weighted by Gasteiger charge is -2.14. The highest BCUT2D eigenvalue weighted by Gasteiger charge is 2.12. The molecule has 0 fully saturated rings. The molecule has 0 aromatic heterocycles. The number of hydrogen-bond acceptors (Lipinski definition) is 3. The third kappa shape index (κ3) is 4.16. The Kier molecular flexibility index (Phi) is 5.69. The maximum atomic E-state index is 12.2. The molecule has 1 amide bonds. The van der Waals surface area contributed by atoms with Gasteiger partial charge in [0.2, 0.25) is 0 Å². The summed E-state index contributed by atoms with van der Waals surface area (Å²) in [6.07, 6.45) is -0.715. The van der Waals surface area contributed by atoms with Crippen LogP contribution in [0.3, 0.4) is 0 Å². The second-order valence-electron chi connectivity index (χ2n) is 5.22. The smallest absolute Gasteiger partial charge is 0.251 e. The van der Waals surface area contributed by atoms with Crippen molar-refractivity contribution in [3.63, 3.8) is 0 Å². The van der Waals surface area contributed by atoms with Gasteiger partial charge >= 0.3 is 0 Å². The summed E-state index contributed by atoms with van der Waals surface area (Å²) < 4.78 is 5.06. The van der Waals surface area contributed by atoms with Crippen molar-refractivity contribution in [3.8, 4) is 0 Å². The van der Waals surface area contributed by atoms with Crippen molar-refractivity contribution in [3.05, 3.63) is 70.8 Å². The van der Waals surface area contributed by atoms with Gasteiger partial charge in [0.1, 0.15) is 0 Å². The molecule has 2 aromatic carbocycles. The van der Waals surface area contributed by atoms with Gasteiger partial charge in [0.05, 0.1) is 12.7 Å². The summed E-state index contributed by atoms with van der Waals surface area (Å²) in [4.78, 5) is 12.2. The van der Waals surface area contributed by atoms with Gasteiger partial charge in [-0.1, -0.05) is 36.4 Å². The zero-order valence-electron chi connectivity index (χ0n) is 12.9. The molecule has 4 nitrogen and oxygen atoms in total. The van der Waals surface area contributed by atoms with Gasteiger partial charge in [-0.3, -0.25) is 4.79 Å². The quantitative estimate of drug-likeness (QED) is 0.862. The first-order chi connectivity index (χ1) is 10.6. The van der Waals surface area contributed by atoms with Gasteiger partial charge in [-0.2, -0.15) is 0 Å². The van der Waals surface area contributed by atoms with Crippen LogP contribution in [0.5, 0.6) is 0 Å².